The lowest BCUT2D eigenvalue weighted by molar-refractivity contribution is 0.184. The molecule has 0 saturated heterocycles. The second-order valence-corrected chi connectivity index (χ2v) is 6.02. The summed E-state index contributed by atoms with van der Waals surface area (Å²) in [6.07, 6.45) is 4.20. The Morgan fingerprint density at radius 3 is 2.81 bits per heavy atom. The molecule has 0 spiro atoms. The van der Waals surface area contributed by atoms with Crippen molar-refractivity contribution in [3.8, 4) is 0 Å². The van der Waals surface area contributed by atoms with Gasteiger partial charge in [-0.05, 0) is 42.4 Å². The van der Waals surface area contributed by atoms with Crippen molar-refractivity contribution in [1.82, 2.24) is 14.7 Å². The van der Waals surface area contributed by atoms with Crippen molar-refractivity contribution in [2.75, 3.05) is 6.54 Å². The van der Waals surface area contributed by atoms with Crippen LogP contribution in [0, 0.1) is 0 Å². The molecule has 1 aromatic carbocycles. The Kier molecular flexibility index (Phi) is 3.11. The predicted octanol–water partition coefficient (Wildman–Crippen LogP) is 1.75. The maximum atomic E-state index is 12.2. The van der Waals surface area contributed by atoms with Crippen LogP contribution in [0.4, 0.5) is 0 Å². The summed E-state index contributed by atoms with van der Waals surface area (Å²) in [5, 5.41) is 4.57. The fraction of sp³-hybridized carbons (Fsp3) is 0.412. The average Bonchev–Trinajstić information content (AvgIpc) is 2.94. The molecule has 2 aromatic rings. The van der Waals surface area contributed by atoms with Crippen molar-refractivity contribution >= 4 is 0 Å². The van der Waals surface area contributed by atoms with Gasteiger partial charge < -0.3 is 0 Å². The molecule has 21 heavy (non-hydrogen) atoms. The van der Waals surface area contributed by atoms with E-state index in [1.54, 1.807) is 10.7 Å². The normalized spacial score (nSPS) is 17.5. The summed E-state index contributed by atoms with van der Waals surface area (Å²) in [7, 11) is 0. The van der Waals surface area contributed by atoms with Crippen LogP contribution in [0.2, 0.25) is 0 Å². The first-order valence-electron chi connectivity index (χ1n) is 7.69. The standard InChI is InChI=1S/C17H19N3O/c21-17-10-14-6-3-7-16(14)18-20(17)12-19-9-8-13-4-1-2-5-15(13)11-19/h1-2,4-5,10H,3,6-9,11-12H2. The molecule has 0 bridgehead atoms. The molecule has 108 valence electrons. The van der Waals surface area contributed by atoms with E-state index in [4.69, 9.17) is 0 Å². The molecule has 1 aliphatic carbocycles. The number of aromatic nitrogens is 2. The second-order valence-electron chi connectivity index (χ2n) is 6.02. The molecule has 2 heterocycles. The lowest BCUT2D eigenvalue weighted by Gasteiger charge is -2.28. The molecule has 0 N–H and O–H groups in total. The van der Waals surface area contributed by atoms with E-state index in [1.165, 1.54) is 11.1 Å². The monoisotopic (exact) mass is 281 g/mol. The molecular weight excluding hydrogens is 262 g/mol. The molecule has 0 fully saturated rings. The van der Waals surface area contributed by atoms with Crippen LogP contribution in [0.1, 0.15) is 28.8 Å². The van der Waals surface area contributed by atoms with Gasteiger partial charge in [0.2, 0.25) is 0 Å². The first-order valence-corrected chi connectivity index (χ1v) is 7.69. The Hall–Kier alpha value is -1.94. The number of benzene rings is 1. The minimum atomic E-state index is 0.0366. The smallest absolute Gasteiger partial charge is 0.268 e. The molecule has 0 unspecified atom stereocenters. The third-order valence-electron chi connectivity index (χ3n) is 4.57. The molecule has 2 aliphatic rings. The van der Waals surface area contributed by atoms with Gasteiger partial charge in [0.25, 0.3) is 5.56 Å². The summed E-state index contributed by atoms with van der Waals surface area (Å²) in [5.74, 6) is 0. The van der Waals surface area contributed by atoms with Gasteiger partial charge in [-0.3, -0.25) is 9.69 Å². The lowest BCUT2D eigenvalue weighted by Crippen LogP contribution is -2.37. The zero-order chi connectivity index (χ0) is 14.2. The summed E-state index contributed by atoms with van der Waals surface area (Å²) in [5.41, 5.74) is 5.11. The highest BCUT2D eigenvalue weighted by Crippen LogP contribution is 2.19. The Labute approximate surface area is 124 Å². The maximum absolute atomic E-state index is 12.2. The fourth-order valence-corrected chi connectivity index (χ4v) is 3.41. The number of fused-ring (bicyclic) bond motifs is 2. The molecule has 0 radical (unpaired) electrons. The molecule has 4 rings (SSSR count). The Morgan fingerprint density at radius 1 is 1.05 bits per heavy atom. The molecule has 0 saturated carbocycles. The van der Waals surface area contributed by atoms with Gasteiger partial charge in [0, 0.05) is 19.2 Å². The summed E-state index contributed by atoms with van der Waals surface area (Å²) in [6.45, 7) is 2.49. The summed E-state index contributed by atoms with van der Waals surface area (Å²) in [6, 6.07) is 10.4. The lowest BCUT2D eigenvalue weighted by atomic mass is 10.0. The number of rotatable bonds is 2. The first-order chi connectivity index (χ1) is 10.3. The largest absolute Gasteiger partial charge is 0.280 e. The van der Waals surface area contributed by atoms with E-state index in [-0.39, 0.29) is 5.56 Å². The number of hydrogen-bond donors (Lipinski definition) is 0. The topological polar surface area (TPSA) is 38.1 Å². The SMILES string of the molecule is O=c1cc2c(nn1CN1CCc3ccccc3C1)CCC2. The van der Waals surface area contributed by atoms with Crippen LogP contribution in [0.15, 0.2) is 35.1 Å². The average molecular weight is 281 g/mol. The van der Waals surface area contributed by atoms with Crippen LogP contribution in [0.25, 0.3) is 0 Å². The van der Waals surface area contributed by atoms with Crippen molar-refractivity contribution in [2.45, 2.75) is 38.9 Å². The highest BCUT2D eigenvalue weighted by molar-refractivity contribution is 5.29. The minimum absolute atomic E-state index is 0.0366. The molecule has 4 nitrogen and oxygen atoms in total. The molecule has 1 aliphatic heterocycles. The van der Waals surface area contributed by atoms with Crippen LogP contribution in [-0.2, 0) is 32.5 Å². The van der Waals surface area contributed by atoms with E-state index in [9.17, 15) is 4.79 Å². The van der Waals surface area contributed by atoms with E-state index < -0.39 is 0 Å². The van der Waals surface area contributed by atoms with Crippen LogP contribution >= 0.6 is 0 Å². The van der Waals surface area contributed by atoms with Crippen LogP contribution < -0.4 is 5.56 Å². The van der Waals surface area contributed by atoms with Gasteiger partial charge in [-0.1, -0.05) is 24.3 Å². The highest BCUT2D eigenvalue weighted by atomic mass is 16.1. The number of nitrogens with zero attached hydrogens (tertiary/aromatic N) is 3. The highest BCUT2D eigenvalue weighted by Gasteiger charge is 2.19. The van der Waals surface area contributed by atoms with Gasteiger partial charge in [-0.15, -0.1) is 0 Å². The quantitative estimate of drug-likeness (QED) is 0.841. The van der Waals surface area contributed by atoms with Gasteiger partial charge >= 0.3 is 0 Å². The zero-order valence-electron chi connectivity index (χ0n) is 12.1. The first kappa shape index (κ1) is 12.8. The number of aryl methyl sites for hydroxylation is 2. The predicted molar refractivity (Wildman–Crippen MR) is 81.1 cm³/mol. The minimum Gasteiger partial charge on any atom is -0.280 e. The van der Waals surface area contributed by atoms with Crippen molar-refractivity contribution in [1.29, 1.82) is 0 Å². The van der Waals surface area contributed by atoms with Gasteiger partial charge in [0.15, 0.2) is 0 Å². The maximum Gasteiger partial charge on any atom is 0.268 e. The molecule has 4 heteroatoms. The Balaban J connectivity index is 1.56. The molecule has 0 amide bonds. The van der Waals surface area contributed by atoms with E-state index in [2.05, 4.69) is 34.3 Å². The number of hydrogen-bond acceptors (Lipinski definition) is 3. The zero-order valence-corrected chi connectivity index (χ0v) is 12.1. The van der Waals surface area contributed by atoms with Crippen molar-refractivity contribution in [2.24, 2.45) is 0 Å². The van der Waals surface area contributed by atoms with E-state index in [1.807, 2.05) is 0 Å². The van der Waals surface area contributed by atoms with Crippen molar-refractivity contribution in [3.63, 3.8) is 0 Å². The molecule has 1 aromatic heterocycles. The van der Waals surface area contributed by atoms with Gasteiger partial charge in [0.05, 0.1) is 12.4 Å². The summed E-state index contributed by atoms with van der Waals surface area (Å²) in [4.78, 5) is 14.5. The third-order valence-corrected chi connectivity index (χ3v) is 4.57. The fourth-order valence-electron chi connectivity index (χ4n) is 3.41. The van der Waals surface area contributed by atoms with Crippen LogP contribution in [-0.4, -0.2) is 21.2 Å². The van der Waals surface area contributed by atoms with Gasteiger partial charge in [-0.25, -0.2) is 4.68 Å². The van der Waals surface area contributed by atoms with Crippen LogP contribution in [0.5, 0.6) is 0 Å². The molecule has 0 atom stereocenters. The van der Waals surface area contributed by atoms with Crippen molar-refractivity contribution < 1.29 is 0 Å². The van der Waals surface area contributed by atoms with Gasteiger partial charge in [0.1, 0.15) is 0 Å². The third kappa shape index (κ3) is 2.40. The second kappa shape index (κ2) is 5.11. The van der Waals surface area contributed by atoms with E-state index >= 15 is 0 Å². The van der Waals surface area contributed by atoms with Crippen molar-refractivity contribution in [3.05, 3.63) is 63.1 Å². The Morgan fingerprint density at radius 2 is 1.90 bits per heavy atom. The Bertz CT molecular complexity index is 735. The van der Waals surface area contributed by atoms with Gasteiger partial charge in [-0.2, -0.15) is 5.10 Å². The summed E-state index contributed by atoms with van der Waals surface area (Å²) >= 11 is 0. The molecular formula is C17H19N3O. The van der Waals surface area contributed by atoms with E-state index in [0.29, 0.717) is 6.67 Å². The van der Waals surface area contributed by atoms with Crippen LogP contribution in [0.3, 0.4) is 0 Å². The van der Waals surface area contributed by atoms with E-state index in [0.717, 1.165) is 50.0 Å². The summed E-state index contributed by atoms with van der Waals surface area (Å²) < 4.78 is 1.64.